The van der Waals surface area contributed by atoms with Crippen LogP contribution in [0.25, 0.3) is 0 Å². The highest BCUT2D eigenvalue weighted by Crippen LogP contribution is 2.44. The SMILES string of the molecule is C[C@H](NC(=O)[C@H](CCN1CCC2(CC1)OC(=O)Nc1ccc(F)cc12)c1ccc(Cl)c(Cl)c1)c1ccccc1.Cl. The maximum absolute atomic E-state index is 14.1. The van der Waals surface area contributed by atoms with E-state index in [0.29, 0.717) is 60.2 Å². The zero-order valence-electron chi connectivity index (χ0n) is 22.0. The molecule has 40 heavy (non-hydrogen) atoms. The van der Waals surface area contributed by atoms with Crippen molar-refractivity contribution >= 4 is 53.3 Å². The standard InChI is InChI=1S/C30H30Cl2FN3O3.ClH/c1-19(20-5-3-2-4-6-20)34-28(37)23(21-7-9-25(31)26(32)17-21)11-14-36-15-12-30(13-16-36)24-18-22(33)8-10-27(24)35-29(38)39-30;/h2-10,17-19,23H,11-16H2,1H3,(H,34,37)(H,35,38);1H/t19-,23+;/m0./s1. The summed E-state index contributed by atoms with van der Waals surface area (Å²) < 4.78 is 19.8. The van der Waals surface area contributed by atoms with Crippen LogP contribution in [-0.4, -0.2) is 36.5 Å². The van der Waals surface area contributed by atoms with Gasteiger partial charge in [-0.1, -0.05) is 59.6 Å². The number of piperidine rings is 1. The van der Waals surface area contributed by atoms with Crippen molar-refractivity contribution in [2.24, 2.45) is 0 Å². The zero-order valence-corrected chi connectivity index (χ0v) is 24.3. The maximum Gasteiger partial charge on any atom is 0.412 e. The van der Waals surface area contributed by atoms with E-state index in [4.69, 9.17) is 27.9 Å². The number of nitrogens with zero attached hydrogens (tertiary/aromatic N) is 1. The highest BCUT2D eigenvalue weighted by atomic mass is 35.5. The van der Waals surface area contributed by atoms with E-state index in [0.717, 1.165) is 11.1 Å². The molecule has 10 heteroatoms. The van der Waals surface area contributed by atoms with Gasteiger partial charge in [0, 0.05) is 31.5 Å². The molecule has 2 aliphatic heterocycles. The fourth-order valence-corrected chi connectivity index (χ4v) is 5.82. The lowest BCUT2D eigenvalue weighted by molar-refractivity contribution is -0.123. The molecule has 1 fully saturated rings. The van der Waals surface area contributed by atoms with E-state index in [1.807, 2.05) is 43.3 Å². The van der Waals surface area contributed by atoms with Crippen molar-refractivity contribution in [2.45, 2.75) is 43.7 Å². The van der Waals surface area contributed by atoms with E-state index < -0.39 is 17.6 Å². The number of hydrogen-bond donors (Lipinski definition) is 2. The largest absolute Gasteiger partial charge is 0.438 e. The summed E-state index contributed by atoms with van der Waals surface area (Å²) in [6, 6.07) is 19.3. The number of anilines is 1. The molecule has 0 radical (unpaired) electrons. The third-order valence-electron chi connectivity index (χ3n) is 7.72. The fraction of sp³-hybridized carbons (Fsp3) is 0.333. The van der Waals surface area contributed by atoms with E-state index in [-0.39, 0.29) is 30.2 Å². The number of benzene rings is 3. The second-order valence-electron chi connectivity index (χ2n) is 10.2. The smallest absolute Gasteiger partial charge is 0.412 e. The zero-order chi connectivity index (χ0) is 27.6. The second kappa shape index (κ2) is 12.8. The number of carbonyl (C=O) groups is 2. The van der Waals surface area contributed by atoms with Crippen LogP contribution in [0.15, 0.2) is 66.7 Å². The molecule has 212 valence electrons. The number of ether oxygens (including phenoxy) is 1. The summed E-state index contributed by atoms with van der Waals surface area (Å²) in [6.45, 7) is 3.89. The summed E-state index contributed by atoms with van der Waals surface area (Å²) in [7, 11) is 0. The molecular formula is C30H31Cl3FN3O3. The molecule has 5 rings (SSSR count). The van der Waals surface area contributed by atoms with Crippen molar-refractivity contribution in [3.8, 4) is 0 Å². The molecular weight excluding hydrogens is 576 g/mol. The third-order valence-corrected chi connectivity index (χ3v) is 8.45. The highest BCUT2D eigenvalue weighted by molar-refractivity contribution is 6.42. The van der Waals surface area contributed by atoms with Crippen LogP contribution in [0.5, 0.6) is 0 Å². The molecule has 3 aromatic rings. The lowest BCUT2D eigenvalue weighted by Gasteiger charge is -2.44. The predicted molar refractivity (Wildman–Crippen MR) is 158 cm³/mol. The highest BCUT2D eigenvalue weighted by Gasteiger charge is 2.44. The Morgan fingerprint density at radius 2 is 1.77 bits per heavy atom. The molecule has 6 nitrogen and oxygen atoms in total. The number of rotatable bonds is 7. The first-order valence-electron chi connectivity index (χ1n) is 13.1. The number of fused-ring (bicyclic) bond motifs is 2. The van der Waals surface area contributed by atoms with Crippen LogP contribution >= 0.6 is 35.6 Å². The molecule has 2 heterocycles. The Bertz CT molecular complexity index is 1370. The van der Waals surface area contributed by atoms with Gasteiger partial charge < -0.3 is 15.0 Å². The summed E-state index contributed by atoms with van der Waals surface area (Å²) >= 11 is 12.5. The molecule has 1 saturated heterocycles. The topological polar surface area (TPSA) is 70.7 Å². The first-order chi connectivity index (χ1) is 18.7. The Morgan fingerprint density at radius 3 is 2.48 bits per heavy atom. The monoisotopic (exact) mass is 605 g/mol. The summed E-state index contributed by atoms with van der Waals surface area (Å²) in [4.78, 5) is 28.0. The van der Waals surface area contributed by atoms with E-state index in [2.05, 4.69) is 15.5 Å². The Labute approximate surface area is 249 Å². The number of hydrogen-bond acceptors (Lipinski definition) is 4. The molecule has 0 unspecified atom stereocenters. The number of amides is 2. The van der Waals surface area contributed by atoms with Crippen molar-refractivity contribution < 1.29 is 18.7 Å². The van der Waals surface area contributed by atoms with Crippen molar-refractivity contribution in [3.63, 3.8) is 0 Å². The fourth-order valence-electron chi connectivity index (χ4n) is 5.51. The summed E-state index contributed by atoms with van der Waals surface area (Å²) in [5, 5.41) is 6.66. The quantitative estimate of drug-likeness (QED) is 0.293. The summed E-state index contributed by atoms with van der Waals surface area (Å²) in [5.41, 5.74) is 2.22. The molecule has 2 N–H and O–H groups in total. The number of nitrogens with one attached hydrogen (secondary N) is 2. The van der Waals surface area contributed by atoms with Crippen LogP contribution in [0.1, 0.15) is 54.8 Å². The molecule has 2 amide bonds. The third kappa shape index (κ3) is 6.55. The van der Waals surface area contributed by atoms with Crippen molar-refractivity contribution in [3.05, 3.63) is 99.3 Å². The van der Waals surface area contributed by atoms with Crippen molar-refractivity contribution in [2.75, 3.05) is 25.0 Å². The first-order valence-corrected chi connectivity index (χ1v) is 13.8. The van der Waals surface area contributed by atoms with Gasteiger partial charge >= 0.3 is 6.09 Å². The minimum Gasteiger partial charge on any atom is -0.438 e. The lowest BCUT2D eigenvalue weighted by Crippen LogP contribution is -2.48. The van der Waals surface area contributed by atoms with Gasteiger partial charge in [0.15, 0.2) is 0 Å². The van der Waals surface area contributed by atoms with Crippen LogP contribution < -0.4 is 10.6 Å². The van der Waals surface area contributed by atoms with Crippen LogP contribution in [0.4, 0.5) is 14.9 Å². The van der Waals surface area contributed by atoms with E-state index in [1.54, 1.807) is 18.2 Å². The van der Waals surface area contributed by atoms with E-state index in [1.165, 1.54) is 12.1 Å². The molecule has 2 atom stereocenters. The van der Waals surface area contributed by atoms with Crippen LogP contribution in [-0.2, 0) is 15.1 Å². The van der Waals surface area contributed by atoms with Gasteiger partial charge in [-0.2, -0.15) is 0 Å². The molecule has 3 aromatic carbocycles. The predicted octanol–water partition coefficient (Wildman–Crippen LogP) is 7.46. The molecule has 1 spiro atoms. The van der Waals surface area contributed by atoms with Gasteiger partial charge in [0.1, 0.15) is 11.4 Å². The molecule has 2 aliphatic rings. The molecule has 0 aliphatic carbocycles. The average molecular weight is 607 g/mol. The van der Waals surface area contributed by atoms with Gasteiger partial charge in [-0.05, 0) is 61.3 Å². The van der Waals surface area contributed by atoms with Gasteiger partial charge in [0.2, 0.25) is 5.91 Å². The molecule has 0 bridgehead atoms. The van der Waals surface area contributed by atoms with E-state index in [9.17, 15) is 14.0 Å². The minimum atomic E-state index is -0.859. The first kappa shape index (κ1) is 30.1. The average Bonchev–Trinajstić information content (AvgIpc) is 2.92. The van der Waals surface area contributed by atoms with Crippen LogP contribution in [0.2, 0.25) is 10.0 Å². The Hall–Kier alpha value is -2.84. The number of halogens is 4. The Morgan fingerprint density at radius 1 is 1.05 bits per heavy atom. The van der Waals surface area contributed by atoms with Gasteiger partial charge in [0.05, 0.1) is 27.7 Å². The van der Waals surface area contributed by atoms with Gasteiger partial charge in [-0.15, -0.1) is 12.4 Å². The van der Waals surface area contributed by atoms with Crippen molar-refractivity contribution in [1.29, 1.82) is 0 Å². The second-order valence-corrected chi connectivity index (χ2v) is 11.0. The van der Waals surface area contributed by atoms with Crippen molar-refractivity contribution in [1.82, 2.24) is 10.2 Å². The molecule has 0 aromatic heterocycles. The van der Waals surface area contributed by atoms with Crippen LogP contribution in [0.3, 0.4) is 0 Å². The van der Waals surface area contributed by atoms with Gasteiger partial charge in [-0.25, -0.2) is 9.18 Å². The summed E-state index contributed by atoms with van der Waals surface area (Å²) in [6.07, 6.45) is 1.11. The number of carbonyl (C=O) groups excluding carboxylic acids is 2. The molecule has 0 saturated carbocycles. The maximum atomic E-state index is 14.1. The normalized spacial score (nSPS) is 17.6. The van der Waals surface area contributed by atoms with Crippen LogP contribution in [0, 0.1) is 5.82 Å². The van der Waals surface area contributed by atoms with E-state index >= 15 is 0 Å². The van der Waals surface area contributed by atoms with Gasteiger partial charge in [0.25, 0.3) is 0 Å². The van der Waals surface area contributed by atoms with Gasteiger partial charge in [-0.3, -0.25) is 10.1 Å². The minimum absolute atomic E-state index is 0. The lowest BCUT2D eigenvalue weighted by atomic mass is 9.82. The Balaban J connectivity index is 0.00000370. The summed E-state index contributed by atoms with van der Waals surface area (Å²) in [5.74, 6) is -0.890. The Kier molecular flexibility index (Phi) is 9.62. The number of likely N-dealkylation sites (tertiary alicyclic amines) is 1.